The Hall–Kier alpha value is -2.94. The van der Waals surface area contributed by atoms with E-state index in [4.69, 9.17) is 0 Å². The predicted molar refractivity (Wildman–Crippen MR) is 119 cm³/mol. The van der Waals surface area contributed by atoms with Gasteiger partial charge in [-0.05, 0) is 50.1 Å². The summed E-state index contributed by atoms with van der Waals surface area (Å²) in [7, 11) is -2.32. The number of nitrogens with one attached hydrogen (secondary N) is 1. The molecule has 2 amide bonds. The average Bonchev–Trinajstić information content (AvgIpc) is 2.70. The summed E-state index contributed by atoms with van der Waals surface area (Å²) in [6.45, 7) is 4.78. The van der Waals surface area contributed by atoms with Crippen molar-refractivity contribution in [1.29, 1.82) is 0 Å². The first-order chi connectivity index (χ1) is 14.4. The molecular weight excluding hydrogens is 421 g/mol. The summed E-state index contributed by atoms with van der Waals surface area (Å²) in [5.41, 5.74) is 2.69. The molecule has 0 bridgehead atoms. The summed E-state index contributed by atoms with van der Waals surface area (Å²) < 4.78 is 39.3. The largest absolute Gasteiger partial charge is 0.357 e. The number of carbonyl (C=O) groups excluding carboxylic acids is 2. The lowest BCUT2D eigenvalue weighted by molar-refractivity contribution is -0.139. The molecule has 0 aliphatic rings. The van der Waals surface area contributed by atoms with Crippen molar-refractivity contribution in [3.05, 3.63) is 65.0 Å². The highest BCUT2D eigenvalue weighted by Gasteiger charge is 2.30. The van der Waals surface area contributed by atoms with Crippen LogP contribution in [0.15, 0.2) is 42.5 Å². The molecule has 0 aromatic heterocycles. The number of rotatable bonds is 8. The van der Waals surface area contributed by atoms with Crippen molar-refractivity contribution in [3.8, 4) is 0 Å². The van der Waals surface area contributed by atoms with E-state index in [0.29, 0.717) is 16.8 Å². The first-order valence-electron chi connectivity index (χ1n) is 9.74. The molecule has 0 radical (unpaired) electrons. The lowest BCUT2D eigenvalue weighted by Crippen LogP contribution is -2.50. The highest BCUT2D eigenvalue weighted by molar-refractivity contribution is 7.92. The van der Waals surface area contributed by atoms with Crippen LogP contribution in [0.2, 0.25) is 0 Å². The van der Waals surface area contributed by atoms with Gasteiger partial charge in [0, 0.05) is 13.6 Å². The molecule has 1 N–H and O–H groups in total. The molecule has 0 fully saturated rings. The van der Waals surface area contributed by atoms with Crippen molar-refractivity contribution < 1.29 is 22.4 Å². The summed E-state index contributed by atoms with van der Waals surface area (Å²) in [6.07, 6.45) is 1.03. The molecule has 2 aromatic rings. The van der Waals surface area contributed by atoms with Crippen molar-refractivity contribution in [1.82, 2.24) is 10.2 Å². The molecule has 1 atom stereocenters. The lowest BCUT2D eigenvalue weighted by atomic mass is 10.1. The number of benzene rings is 2. The first kappa shape index (κ1) is 24.3. The van der Waals surface area contributed by atoms with Crippen molar-refractivity contribution >= 4 is 27.5 Å². The SMILES string of the molecule is CNC(=O)[C@@H](C)N(Cc1ccc(F)cc1)C(=O)CN(c1ccc(C)cc1C)S(C)(=O)=O. The van der Waals surface area contributed by atoms with Crippen LogP contribution in [-0.4, -0.2) is 51.0 Å². The minimum absolute atomic E-state index is 0.0260. The van der Waals surface area contributed by atoms with Crippen molar-refractivity contribution in [3.63, 3.8) is 0 Å². The fraction of sp³-hybridized carbons (Fsp3) is 0.364. The van der Waals surface area contributed by atoms with Gasteiger partial charge in [0.25, 0.3) is 0 Å². The first-order valence-corrected chi connectivity index (χ1v) is 11.6. The zero-order valence-corrected chi connectivity index (χ0v) is 19.2. The summed E-state index contributed by atoms with van der Waals surface area (Å²) in [4.78, 5) is 26.8. The number of hydrogen-bond donors (Lipinski definition) is 1. The van der Waals surface area contributed by atoms with Crippen molar-refractivity contribution in [2.24, 2.45) is 0 Å². The van der Waals surface area contributed by atoms with Gasteiger partial charge >= 0.3 is 0 Å². The van der Waals surface area contributed by atoms with E-state index in [0.717, 1.165) is 16.1 Å². The second-order valence-electron chi connectivity index (χ2n) is 7.50. The maximum Gasteiger partial charge on any atom is 0.244 e. The Kier molecular flexibility index (Phi) is 7.78. The molecule has 2 rings (SSSR count). The van der Waals surface area contributed by atoms with E-state index in [9.17, 15) is 22.4 Å². The van der Waals surface area contributed by atoms with Gasteiger partial charge in [-0.1, -0.05) is 29.8 Å². The number of carbonyl (C=O) groups is 2. The molecule has 0 aliphatic carbocycles. The fourth-order valence-electron chi connectivity index (χ4n) is 3.26. The summed E-state index contributed by atoms with van der Waals surface area (Å²) in [6, 6.07) is 9.97. The molecular formula is C22H28FN3O4S. The third kappa shape index (κ3) is 6.27. The number of sulfonamides is 1. The molecule has 7 nitrogen and oxygen atoms in total. The predicted octanol–water partition coefficient (Wildman–Crippen LogP) is 2.37. The van der Waals surface area contributed by atoms with Crippen LogP contribution < -0.4 is 9.62 Å². The van der Waals surface area contributed by atoms with Crippen LogP contribution in [0, 0.1) is 19.7 Å². The van der Waals surface area contributed by atoms with Gasteiger partial charge in [0.15, 0.2) is 0 Å². The van der Waals surface area contributed by atoms with Gasteiger partial charge in [-0.3, -0.25) is 13.9 Å². The number of halogens is 1. The van der Waals surface area contributed by atoms with Gasteiger partial charge in [0.1, 0.15) is 18.4 Å². The monoisotopic (exact) mass is 449 g/mol. The van der Waals surface area contributed by atoms with Crippen LogP contribution >= 0.6 is 0 Å². The third-order valence-electron chi connectivity index (χ3n) is 4.98. The van der Waals surface area contributed by atoms with Crippen LogP contribution in [0.25, 0.3) is 0 Å². The molecule has 0 unspecified atom stereocenters. The topological polar surface area (TPSA) is 86.8 Å². The Bertz CT molecular complexity index is 1050. The zero-order valence-electron chi connectivity index (χ0n) is 18.3. The summed E-state index contributed by atoms with van der Waals surface area (Å²) in [5.74, 6) is -1.36. The van der Waals surface area contributed by atoms with E-state index in [1.807, 2.05) is 13.0 Å². The second kappa shape index (κ2) is 9.91. The molecule has 0 spiro atoms. The molecule has 0 heterocycles. The van der Waals surface area contributed by atoms with Crippen LogP contribution in [0.5, 0.6) is 0 Å². The van der Waals surface area contributed by atoms with E-state index in [2.05, 4.69) is 5.32 Å². The minimum Gasteiger partial charge on any atom is -0.357 e. The fourth-order valence-corrected chi connectivity index (χ4v) is 4.17. The quantitative estimate of drug-likeness (QED) is 0.670. The highest BCUT2D eigenvalue weighted by atomic mass is 32.2. The van der Waals surface area contributed by atoms with Gasteiger partial charge in [-0.2, -0.15) is 0 Å². The summed E-state index contributed by atoms with van der Waals surface area (Å²) >= 11 is 0. The van der Waals surface area contributed by atoms with Crippen LogP contribution in [-0.2, 0) is 26.2 Å². The smallest absolute Gasteiger partial charge is 0.244 e. The Morgan fingerprint density at radius 3 is 2.23 bits per heavy atom. The number of anilines is 1. The Morgan fingerprint density at radius 2 is 1.71 bits per heavy atom. The number of amides is 2. The molecule has 0 saturated heterocycles. The van der Waals surface area contributed by atoms with Gasteiger partial charge in [-0.25, -0.2) is 12.8 Å². The Morgan fingerprint density at radius 1 is 1.10 bits per heavy atom. The normalized spacial score (nSPS) is 12.2. The van der Waals surface area contributed by atoms with Crippen molar-refractivity contribution in [2.75, 3.05) is 24.2 Å². The van der Waals surface area contributed by atoms with Crippen LogP contribution in [0.4, 0.5) is 10.1 Å². The van der Waals surface area contributed by atoms with Crippen LogP contribution in [0.1, 0.15) is 23.6 Å². The number of likely N-dealkylation sites (N-methyl/N-ethyl adjacent to an activating group) is 1. The lowest BCUT2D eigenvalue weighted by Gasteiger charge is -2.31. The second-order valence-corrected chi connectivity index (χ2v) is 9.40. The van der Waals surface area contributed by atoms with Gasteiger partial charge < -0.3 is 10.2 Å². The number of aryl methyl sites for hydroxylation is 2. The zero-order chi connectivity index (χ0) is 23.3. The van der Waals surface area contributed by atoms with Gasteiger partial charge in [-0.15, -0.1) is 0 Å². The molecule has 168 valence electrons. The van der Waals surface area contributed by atoms with Gasteiger partial charge in [0.05, 0.1) is 11.9 Å². The Balaban J connectivity index is 2.40. The van der Waals surface area contributed by atoms with Gasteiger partial charge in [0.2, 0.25) is 21.8 Å². The molecule has 9 heteroatoms. The Labute approximate surface area is 182 Å². The number of nitrogens with zero attached hydrogens (tertiary/aromatic N) is 2. The summed E-state index contributed by atoms with van der Waals surface area (Å²) in [5, 5.41) is 2.50. The third-order valence-corrected chi connectivity index (χ3v) is 6.11. The molecule has 2 aromatic carbocycles. The van der Waals surface area contributed by atoms with E-state index in [1.165, 1.54) is 36.2 Å². The number of hydrogen-bond acceptors (Lipinski definition) is 4. The van der Waals surface area contributed by atoms with Crippen molar-refractivity contribution in [2.45, 2.75) is 33.4 Å². The standard InChI is InChI=1S/C22H28FN3O4S/c1-15-6-11-20(16(2)12-15)26(31(5,29)30)14-21(27)25(17(3)22(28)24-4)13-18-7-9-19(23)10-8-18/h6-12,17H,13-14H2,1-5H3,(H,24,28)/t17-/m1/s1. The maximum atomic E-state index is 13.3. The molecule has 0 aliphatic heterocycles. The minimum atomic E-state index is -3.78. The molecule has 0 saturated carbocycles. The van der Waals surface area contributed by atoms with E-state index in [1.54, 1.807) is 26.0 Å². The van der Waals surface area contributed by atoms with E-state index in [-0.39, 0.29) is 6.54 Å². The van der Waals surface area contributed by atoms with E-state index >= 15 is 0 Å². The maximum absolute atomic E-state index is 13.3. The van der Waals surface area contributed by atoms with E-state index < -0.39 is 40.2 Å². The van der Waals surface area contributed by atoms with Crippen LogP contribution in [0.3, 0.4) is 0 Å². The average molecular weight is 450 g/mol. The highest BCUT2D eigenvalue weighted by Crippen LogP contribution is 2.24. The molecule has 31 heavy (non-hydrogen) atoms.